The number of methoxy groups -OCH3 is 1. The van der Waals surface area contributed by atoms with Crippen LogP contribution in [0.5, 0.6) is 11.5 Å². The molecule has 3 nitrogen and oxygen atoms in total. The Hall–Kier alpha value is -2.13. The summed E-state index contributed by atoms with van der Waals surface area (Å²) < 4.78 is 37.2. The van der Waals surface area contributed by atoms with Crippen LogP contribution in [0.1, 0.15) is 11.1 Å². The number of hydrogen-bond acceptors (Lipinski definition) is 3. The van der Waals surface area contributed by atoms with E-state index in [-0.39, 0.29) is 16.8 Å². The van der Waals surface area contributed by atoms with Crippen molar-refractivity contribution < 1.29 is 18.3 Å². The number of benzene rings is 2. The zero-order chi connectivity index (χ0) is 15.4. The molecule has 0 radical (unpaired) electrons. The predicted molar refractivity (Wildman–Crippen MR) is 76.1 cm³/mol. The maximum Gasteiger partial charge on any atom is 0.169 e. The molecule has 0 unspecified atom stereocenters. The first kappa shape index (κ1) is 15.3. The molecule has 0 fully saturated rings. The first-order valence-electron chi connectivity index (χ1n) is 5.89. The molecule has 108 valence electrons. The molecule has 21 heavy (non-hydrogen) atoms. The Kier molecular flexibility index (Phi) is 4.76. The molecule has 0 spiro atoms. The first-order chi connectivity index (χ1) is 10.0. The fourth-order valence-electron chi connectivity index (χ4n) is 1.75. The van der Waals surface area contributed by atoms with Crippen LogP contribution in [0.3, 0.4) is 0 Å². The van der Waals surface area contributed by atoms with E-state index in [0.29, 0.717) is 16.9 Å². The molecule has 2 aromatic carbocycles. The summed E-state index contributed by atoms with van der Waals surface area (Å²) in [7, 11) is 1.47. The van der Waals surface area contributed by atoms with Gasteiger partial charge in [0.15, 0.2) is 11.6 Å². The summed E-state index contributed by atoms with van der Waals surface area (Å²) in [6.45, 7) is 0.0415. The van der Waals surface area contributed by atoms with E-state index >= 15 is 0 Å². The van der Waals surface area contributed by atoms with E-state index in [9.17, 15) is 8.78 Å². The summed E-state index contributed by atoms with van der Waals surface area (Å²) in [5, 5.41) is 9.00. The zero-order valence-corrected chi connectivity index (χ0v) is 12.6. The maximum atomic E-state index is 13.6. The van der Waals surface area contributed by atoms with Crippen LogP contribution in [0, 0.1) is 23.0 Å². The summed E-state index contributed by atoms with van der Waals surface area (Å²) in [5.41, 5.74) is 1.03. The lowest BCUT2D eigenvalue weighted by Crippen LogP contribution is -2.00. The van der Waals surface area contributed by atoms with E-state index in [1.807, 2.05) is 6.07 Å². The summed E-state index contributed by atoms with van der Waals surface area (Å²) >= 11 is 3.05. The van der Waals surface area contributed by atoms with Crippen molar-refractivity contribution in [1.82, 2.24) is 0 Å². The van der Waals surface area contributed by atoms with Gasteiger partial charge in [0.1, 0.15) is 24.2 Å². The second-order valence-electron chi connectivity index (χ2n) is 4.13. The molecule has 0 saturated heterocycles. The number of hydrogen-bond donors (Lipinski definition) is 0. The topological polar surface area (TPSA) is 42.2 Å². The Morgan fingerprint density at radius 3 is 2.62 bits per heavy atom. The quantitative estimate of drug-likeness (QED) is 0.827. The number of nitrogens with zero attached hydrogens (tertiary/aromatic N) is 1. The highest BCUT2D eigenvalue weighted by molar-refractivity contribution is 9.10. The van der Waals surface area contributed by atoms with Gasteiger partial charge in [-0.3, -0.25) is 0 Å². The van der Waals surface area contributed by atoms with E-state index in [0.717, 1.165) is 12.1 Å². The van der Waals surface area contributed by atoms with E-state index in [1.54, 1.807) is 18.2 Å². The molecule has 0 heterocycles. The lowest BCUT2D eigenvalue weighted by molar-refractivity contribution is 0.287. The normalized spacial score (nSPS) is 10.0. The van der Waals surface area contributed by atoms with Crippen molar-refractivity contribution in [2.45, 2.75) is 6.61 Å². The smallest absolute Gasteiger partial charge is 0.169 e. The fraction of sp³-hybridized carbons (Fsp3) is 0.133. The highest BCUT2D eigenvalue weighted by Gasteiger charge is 2.12. The molecule has 0 aliphatic rings. The molecular formula is C15H10BrF2NO2. The molecule has 6 heteroatoms. The van der Waals surface area contributed by atoms with Crippen molar-refractivity contribution >= 4 is 15.9 Å². The van der Waals surface area contributed by atoms with Crippen LogP contribution < -0.4 is 9.47 Å². The molecular weight excluding hydrogens is 344 g/mol. The van der Waals surface area contributed by atoms with Gasteiger partial charge in [-0.25, -0.2) is 8.78 Å². The molecule has 0 saturated carbocycles. The third kappa shape index (κ3) is 3.50. The van der Waals surface area contributed by atoms with Crippen molar-refractivity contribution in [3.05, 3.63) is 57.6 Å². The van der Waals surface area contributed by atoms with Crippen molar-refractivity contribution in [2.24, 2.45) is 0 Å². The van der Waals surface area contributed by atoms with Gasteiger partial charge in [0.2, 0.25) is 0 Å². The van der Waals surface area contributed by atoms with Gasteiger partial charge < -0.3 is 9.47 Å². The zero-order valence-electron chi connectivity index (χ0n) is 11.0. The van der Waals surface area contributed by atoms with Gasteiger partial charge in [0.05, 0.1) is 17.1 Å². The van der Waals surface area contributed by atoms with Gasteiger partial charge in [-0.2, -0.15) is 5.26 Å². The van der Waals surface area contributed by atoms with Crippen LogP contribution in [0.25, 0.3) is 0 Å². The van der Waals surface area contributed by atoms with Gasteiger partial charge in [-0.05, 0) is 39.7 Å². The monoisotopic (exact) mass is 353 g/mol. The van der Waals surface area contributed by atoms with Gasteiger partial charge >= 0.3 is 0 Å². The number of halogens is 3. The van der Waals surface area contributed by atoms with E-state index < -0.39 is 11.6 Å². The lowest BCUT2D eigenvalue weighted by Gasteiger charge is -2.10. The molecule has 0 aliphatic carbocycles. The van der Waals surface area contributed by atoms with Crippen LogP contribution >= 0.6 is 15.9 Å². The third-order valence-corrected chi connectivity index (χ3v) is 3.32. The molecule has 0 amide bonds. The Morgan fingerprint density at radius 2 is 2.00 bits per heavy atom. The predicted octanol–water partition coefficient (Wildman–Crippen LogP) is 4.19. The highest BCUT2D eigenvalue weighted by atomic mass is 79.9. The fourth-order valence-corrected chi connectivity index (χ4v) is 2.28. The molecule has 2 aromatic rings. The molecule has 0 aliphatic heterocycles. The van der Waals surface area contributed by atoms with Gasteiger partial charge in [0.25, 0.3) is 0 Å². The van der Waals surface area contributed by atoms with Crippen LogP contribution in [0.15, 0.2) is 34.8 Å². The first-order valence-corrected chi connectivity index (χ1v) is 6.69. The third-order valence-electron chi connectivity index (χ3n) is 2.73. The Morgan fingerprint density at radius 1 is 1.24 bits per heavy atom. The minimum Gasteiger partial charge on any atom is -0.495 e. The maximum absolute atomic E-state index is 13.6. The van der Waals surface area contributed by atoms with Crippen molar-refractivity contribution in [2.75, 3.05) is 7.11 Å². The number of nitriles is 1. The number of ether oxygens (including phenoxy) is 2. The molecule has 2 rings (SSSR count). The largest absolute Gasteiger partial charge is 0.495 e. The van der Waals surface area contributed by atoms with Gasteiger partial charge in [-0.1, -0.05) is 6.07 Å². The van der Waals surface area contributed by atoms with E-state index in [4.69, 9.17) is 14.7 Å². The summed E-state index contributed by atoms with van der Waals surface area (Å²) in [5.74, 6) is -1.11. The SMILES string of the molecule is COc1ccc(COc2c(F)cc(F)cc2Br)cc1C#N. The number of rotatable bonds is 4. The summed E-state index contributed by atoms with van der Waals surface area (Å²) in [6.07, 6.45) is 0. The minimum absolute atomic E-state index is 0.0415. The average Bonchev–Trinajstić information content (AvgIpc) is 2.45. The van der Waals surface area contributed by atoms with Crippen molar-refractivity contribution in [3.63, 3.8) is 0 Å². The molecule has 0 bridgehead atoms. The Balaban J connectivity index is 2.19. The van der Waals surface area contributed by atoms with Crippen LogP contribution in [0.2, 0.25) is 0 Å². The van der Waals surface area contributed by atoms with Crippen LogP contribution in [-0.4, -0.2) is 7.11 Å². The standard InChI is InChI=1S/C15H10BrF2NO2/c1-20-14-3-2-9(4-10(14)7-19)8-21-15-12(16)5-11(17)6-13(15)18/h2-6H,8H2,1H3. The molecule has 0 N–H and O–H groups in total. The molecule has 0 aromatic heterocycles. The highest BCUT2D eigenvalue weighted by Crippen LogP contribution is 2.30. The van der Waals surface area contributed by atoms with Gasteiger partial charge in [0, 0.05) is 6.07 Å². The van der Waals surface area contributed by atoms with Crippen molar-refractivity contribution in [1.29, 1.82) is 5.26 Å². The lowest BCUT2D eigenvalue weighted by atomic mass is 10.1. The van der Waals surface area contributed by atoms with Gasteiger partial charge in [-0.15, -0.1) is 0 Å². The second-order valence-corrected chi connectivity index (χ2v) is 4.99. The van der Waals surface area contributed by atoms with E-state index in [2.05, 4.69) is 15.9 Å². The molecule has 0 atom stereocenters. The minimum atomic E-state index is -0.795. The average molecular weight is 354 g/mol. The second kappa shape index (κ2) is 6.55. The van der Waals surface area contributed by atoms with Crippen LogP contribution in [-0.2, 0) is 6.61 Å². The summed E-state index contributed by atoms with van der Waals surface area (Å²) in [4.78, 5) is 0. The van der Waals surface area contributed by atoms with Crippen LogP contribution in [0.4, 0.5) is 8.78 Å². The van der Waals surface area contributed by atoms with E-state index in [1.165, 1.54) is 7.11 Å². The Labute approximate surface area is 128 Å². The van der Waals surface area contributed by atoms with Crippen molar-refractivity contribution in [3.8, 4) is 17.6 Å². The summed E-state index contributed by atoms with van der Waals surface area (Å²) in [6, 6.07) is 8.79. The Bertz CT molecular complexity index is 690.